The van der Waals surface area contributed by atoms with E-state index in [4.69, 9.17) is 4.74 Å². The van der Waals surface area contributed by atoms with Crippen LogP contribution >= 0.6 is 0 Å². The number of hydrogen-bond donors (Lipinski definition) is 0. The minimum absolute atomic E-state index is 0.0442. The molecule has 1 saturated carbocycles. The molecular weight excluding hydrogens is 340 g/mol. The second-order valence-corrected chi connectivity index (χ2v) is 6.60. The molecule has 138 valence electrons. The van der Waals surface area contributed by atoms with Crippen molar-refractivity contribution in [2.45, 2.75) is 34.0 Å². The van der Waals surface area contributed by atoms with Crippen LogP contribution in [0.5, 0.6) is 0 Å². The lowest BCUT2D eigenvalue weighted by atomic mass is 10.1. The second-order valence-electron chi connectivity index (χ2n) is 6.60. The summed E-state index contributed by atoms with van der Waals surface area (Å²) in [6.45, 7) is 4.04. The van der Waals surface area contributed by atoms with Crippen LogP contribution in [0.2, 0.25) is 0 Å². The zero-order valence-corrected chi connectivity index (χ0v) is 14.5. The van der Waals surface area contributed by atoms with Gasteiger partial charge in [0.15, 0.2) is 23.3 Å². The van der Waals surface area contributed by atoms with Gasteiger partial charge < -0.3 is 9.47 Å². The first-order valence-electron chi connectivity index (χ1n) is 7.80. The van der Waals surface area contributed by atoms with Crippen molar-refractivity contribution in [1.29, 1.82) is 0 Å². The van der Waals surface area contributed by atoms with Gasteiger partial charge in [0.05, 0.1) is 23.7 Å². The molecule has 1 aliphatic carbocycles. The highest BCUT2D eigenvalue weighted by Gasteiger charge is 2.61. The summed E-state index contributed by atoms with van der Waals surface area (Å²) in [7, 11) is 1.14. The first kappa shape index (κ1) is 19.4. The lowest BCUT2D eigenvalue weighted by molar-refractivity contribution is -0.147. The van der Waals surface area contributed by atoms with Crippen molar-refractivity contribution < 1.29 is 31.8 Å². The monoisotopic (exact) mass is 360 g/mol. The summed E-state index contributed by atoms with van der Waals surface area (Å²) in [5.41, 5.74) is -2.13. The average molecular weight is 360 g/mol. The Morgan fingerprint density at radius 3 is 1.96 bits per heavy atom. The highest BCUT2D eigenvalue weighted by atomic mass is 19.2. The Bertz CT molecular complexity index is 684. The van der Waals surface area contributed by atoms with Gasteiger partial charge in [-0.1, -0.05) is 26.0 Å². The number of hydrogen-bond acceptors (Lipinski definition) is 3. The highest BCUT2D eigenvalue weighted by molar-refractivity contribution is 5.78. The molecule has 1 fully saturated rings. The number of halogens is 4. The van der Waals surface area contributed by atoms with E-state index < -0.39 is 59.5 Å². The molecule has 0 bridgehead atoms. The van der Waals surface area contributed by atoms with Gasteiger partial charge in [-0.2, -0.15) is 0 Å². The molecule has 0 N–H and O–H groups in total. The highest BCUT2D eigenvalue weighted by Crippen LogP contribution is 2.59. The van der Waals surface area contributed by atoms with Gasteiger partial charge >= 0.3 is 5.97 Å². The van der Waals surface area contributed by atoms with Crippen molar-refractivity contribution in [3.63, 3.8) is 0 Å². The van der Waals surface area contributed by atoms with E-state index in [2.05, 4.69) is 4.74 Å². The quantitative estimate of drug-likeness (QED) is 0.329. The number of methoxy groups -OCH3 is 1. The predicted octanol–water partition coefficient (Wildman–Crippen LogP) is 4.28. The molecule has 2 rings (SSSR count). The maximum Gasteiger partial charge on any atom is 0.310 e. The minimum atomic E-state index is -1.58. The van der Waals surface area contributed by atoms with Crippen LogP contribution in [0.25, 0.3) is 0 Å². The van der Waals surface area contributed by atoms with E-state index in [0.29, 0.717) is 0 Å². The number of ether oxygens (including phenoxy) is 2. The minimum Gasteiger partial charge on any atom is -0.460 e. The molecule has 3 nitrogen and oxygen atoms in total. The third-order valence-electron chi connectivity index (χ3n) is 4.66. The van der Waals surface area contributed by atoms with E-state index in [0.717, 1.165) is 7.11 Å². The Labute approximate surface area is 143 Å². The van der Waals surface area contributed by atoms with Crippen molar-refractivity contribution in [2.75, 3.05) is 7.11 Å². The van der Waals surface area contributed by atoms with Crippen molar-refractivity contribution in [1.82, 2.24) is 0 Å². The maximum atomic E-state index is 14.0. The van der Waals surface area contributed by atoms with Crippen LogP contribution < -0.4 is 0 Å². The SMILES string of the molecule is C/C=C/[C@@H]1[C@@H](C(=O)OCc2c(F)c(F)c(COC)c(F)c2F)C1(C)C. The van der Waals surface area contributed by atoms with Crippen LogP contribution in [0.4, 0.5) is 17.6 Å². The van der Waals surface area contributed by atoms with Gasteiger partial charge in [-0.25, -0.2) is 17.6 Å². The summed E-state index contributed by atoms with van der Waals surface area (Å²) >= 11 is 0. The van der Waals surface area contributed by atoms with Crippen LogP contribution in [-0.2, 0) is 27.5 Å². The standard InChI is InChI=1S/C18H20F4O3/c1-5-6-11-12(18(11,2)3)17(23)25-8-10-15(21)13(19)9(7-24-4)14(20)16(10)22/h5-6,11-12H,7-8H2,1-4H3/b6-5+/t11-,12+/m1/s1. The topological polar surface area (TPSA) is 35.5 Å². The molecule has 1 aromatic carbocycles. The molecule has 0 saturated heterocycles. The van der Waals surface area contributed by atoms with Crippen molar-refractivity contribution >= 4 is 5.97 Å². The molecule has 2 atom stereocenters. The molecule has 1 aromatic rings. The van der Waals surface area contributed by atoms with E-state index in [1.807, 2.05) is 26.8 Å². The van der Waals surface area contributed by atoms with E-state index in [-0.39, 0.29) is 11.3 Å². The molecular formula is C18H20F4O3. The average Bonchev–Trinajstić information content (AvgIpc) is 3.10. The summed E-state index contributed by atoms with van der Waals surface area (Å²) < 4.78 is 65.2. The zero-order chi connectivity index (χ0) is 18.9. The molecule has 0 amide bonds. The van der Waals surface area contributed by atoms with E-state index in [1.54, 1.807) is 6.08 Å². The van der Waals surface area contributed by atoms with Crippen LogP contribution in [0.3, 0.4) is 0 Å². The van der Waals surface area contributed by atoms with E-state index >= 15 is 0 Å². The van der Waals surface area contributed by atoms with E-state index in [1.165, 1.54) is 0 Å². The third kappa shape index (κ3) is 3.42. The predicted molar refractivity (Wildman–Crippen MR) is 82.4 cm³/mol. The number of carbonyl (C=O) groups is 1. The first-order chi connectivity index (χ1) is 11.7. The number of benzene rings is 1. The van der Waals surface area contributed by atoms with Crippen LogP contribution in [0.15, 0.2) is 12.2 Å². The molecule has 7 heteroatoms. The van der Waals surface area contributed by atoms with Gasteiger partial charge in [0.1, 0.15) is 6.61 Å². The van der Waals surface area contributed by atoms with Crippen LogP contribution in [0.1, 0.15) is 31.9 Å². The molecule has 0 unspecified atom stereocenters. The van der Waals surface area contributed by atoms with Gasteiger partial charge in [-0.15, -0.1) is 0 Å². The fourth-order valence-electron chi connectivity index (χ4n) is 3.05. The molecule has 0 spiro atoms. The summed E-state index contributed by atoms with van der Waals surface area (Å²) in [6, 6.07) is 0. The lowest BCUT2D eigenvalue weighted by Gasteiger charge is -2.12. The molecule has 0 aliphatic heterocycles. The van der Waals surface area contributed by atoms with Gasteiger partial charge in [0.25, 0.3) is 0 Å². The smallest absolute Gasteiger partial charge is 0.310 e. The molecule has 0 aromatic heterocycles. The fraction of sp³-hybridized carbons (Fsp3) is 0.500. The molecule has 1 aliphatic rings. The lowest BCUT2D eigenvalue weighted by Crippen LogP contribution is -2.15. The Hall–Kier alpha value is -1.89. The number of allylic oxidation sites excluding steroid dienone is 2. The summed E-state index contributed by atoms with van der Waals surface area (Å²) in [4.78, 5) is 12.1. The van der Waals surface area contributed by atoms with Crippen LogP contribution in [0, 0.1) is 40.5 Å². The molecule has 25 heavy (non-hydrogen) atoms. The van der Waals surface area contributed by atoms with Gasteiger partial charge in [0, 0.05) is 7.11 Å². The van der Waals surface area contributed by atoms with E-state index in [9.17, 15) is 22.4 Å². The van der Waals surface area contributed by atoms with Gasteiger partial charge in [-0.05, 0) is 18.3 Å². The Morgan fingerprint density at radius 2 is 1.52 bits per heavy atom. The largest absolute Gasteiger partial charge is 0.460 e. The first-order valence-corrected chi connectivity index (χ1v) is 7.80. The summed E-state index contributed by atoms with van der Waals surface area (Å²) in [6.07, 6.45) is 3.66. The normalized spacial score (nSPS) is 21.6. The Balaban J connectivity index is 2.18. The van der Waals surface area contributed by atoms with Gasteiger partial charge in [0.2, 0.25) is 0 Å². The number of esters is 1. The Kier molecular flexibility index (Phi) is 5.56. The fourth-order valence-corrected chi connectivity index (χ4v) is 3.05. The summed E-state index contributed by atoms with van der Waals surface area (Å²) in [5.74, 6) is -7.43. The zero-order valence-electron chi connectivity index (χ0n) is 14.5. The third-order valence-corrected chi connectivity index (χ3v) is 4.66. The van der Waals surface area contributed by atoms with Crippen molar-refractivity contribution in [3.05, 3.63) is 46.5 Å². The molecule has 0 heterocycles. The van der Waals surface area contributed by atoms with Crippen molar-refractivity contribution in [3.8, 4) is 0 Å². The van der Waals surface area contributed by atoms with Gasteiger partial charge in [-0.3, -0.25) is 4.79 Å². The van der Waals surface area contributed by atoms with Crippen molar-refractivity contribution in [2.24, 2.45) is 17.3 Å². The Morgan fingerprint density at radius 1 is 1.04 bits per heavy atom. The van der Waals surface area contributed by atoms with Crippen LogP contribution in [-0.4, -0.2) is 13.1 Å². The maximum absolute atomic E-state index is 14.0. The molecule has 0 radical (unpaired) electrons. The number of carbonyl (C=O) groups excluding carboxylic acids is 1. The number of rotatable bonds is 6. The second kappa shape index (κ2) is 7.15. The summed E-state index contributed by atoms with van der Waals surface area (Å²) in [5, 5.41) is 0.